The SMILES string of the molecule is CCN(CC)C(=O)CNC(=O)c1cc2ccccc2cc1O. The average Bonchev–Trinajstić information content (AvgIpc) is 2.53. The van der Waals surface area contributed by atoms with Crippen LogP contribution in [0.25, 0.3) is 10.8 Å². The third kappa shape index (κ3) is 3.36. The van der Waals surface area contributed by atoms with Gasteiger partial charge in [-0.05, 0) is 36.8 Å². The van der Waals surface area contributed by atoms with E-state index in [9.17, 15) is 14.7 Å². The molecule has 0 atom stereocenters. The van der Waals surface area contributed by atoms with E-state index in [1.807, 2.05) is 38.1 Å². The highest BCUT2D eigenvalue weighted by atomic mass is 16.3. The Balaban J connectivity index is 2.13. The van der Waals surface area contributed by atoms with Gasteiger partial charge in [0.25, 0.3) is 5.91 Å². The van der Waals surface area contributed by atoms with Crippen molar-refractivity contribution in [1.82, 2.24) is 10.2 Å². The van der Waals surface area contributed by atoms with Crippen LogP contribution >= 0.6 is 0 Å². The summed E-state index contributed by atoms with van der Waals surface area (Å²) in [6, 6.07) is 10.6. The minimum Gasteiger partial charge on any atom is -0.507 e. The molecule has 116 valence electrons. The molecule has 2 aromatic carbocycles. The fourth-order valence-corrected chi connectivity index (χ4v) is 2.35. The van der Waals surface area contributed by atoms with Gasteiger partial charge in [0.15, 0.2) is 0 Å². The maximum atomic E-state index is 12.2. The molecule has 22 heavy (non-hydrogen) atoms. The molecule has 0 saturated heterocycles. The molecule has 0 aromatic heterocycles. The molecule has 0 aliphatic carbocycles. The van der Waals surface area contributed by atoms with Crippen molar-refractivity contribution in [2.75, 3.05) is 19.6 Å². The fourth-order valence-electron chi connectivity index (χ4n) is 2.35. The molecule has 2 N–H and O–H groups in total. The lowest BCUT2D eigenvalue weighted by molar-refractivity contribution is -0.129. The number of nitrogens with one attached hydrogen (secondary N) is 1. The van der Waals surface area contributed by atoms with Gasteiger partial charge in [0, 0.05) is 13.1 Å². The first kappa shape index (κ1) is 15.8. The Kier molecular flexibility index (Phi) is 4.99. The van der Waals surface area contributed by atoms with E-state index in [0.29, 0.717) is 13.1 Å². The van der Waals surface area contributed by atoms with E-state index >= 15 is 0 Å². The molecule has 0 bridgehead atoms. The highest BCUT2D eigenvalue weighted by Crippen LogP contribution is 2.24. The molecule has 0 heterocycles. The minimum absolute atomic E-state index is 0.0766. The molecule has 0 fully saturated rings. The summed E-state index contributed by atoms with van der Waals surface area (Å²) in [6.07, 6.45) is 0. The summed E-state index contributed by atoms with van der Waals surface area (Å²) in [5.74, 6) is -0.686. The Bertz CT molecular complexity index is 693. The van der Waals surface area contributed by atoms with Crippen LogP contribution in [0.3, 0.4) is 0 Å². The third-order valence-electron chi connectivity index (χ3n) is 3.62. The maximum Gasteiger partial charge on any atom is 0.255 e. The van der Waals surface area contributed by atoms with E-state index in [4.69, 9.17) is 0 Å². The molecule has 0 unspecified atom stereocenters. The van der Waals surface area contributed by atoms with Gasteiger partial charge in [0.1, 0.15) is 5.75 Å². The number of likely N-dealkylation sites (N-methyl/N-ethyl adjacent to an activating group) is 1. The molecule has 0 saturated carbocycles. The number of amides is 2. The number of aromatic hydroxyl groups is 1. The Morgan fingerprint density at radius 1 is 1.09 bits per heavy atom. The largest absolute Gasteiger partial charge is 0.507 e. The monoisotopic (exact) mass is 300 g/mol. The predicted molar refractivity (Wildman–Crippen MR) is 85.9 cm³/mol. The second-order valence-electron chi connectivity index (χ2n) is 4.97. The van der Waals surface area contributed by atoms with Crippen LogP contribution in [0.1, 0.15) is 24.2 Å². The van der Waals surface area contributed by atoms with Crippen molar-refractivity contribution in [3.8, 4) is 5.75 Å². The first-order chi connectivity index (χ1) is 10.6. The van der Waals surface area contributed by atoms with Crippen LogP contribution in [0.5, 0.6) is 5.75 Å². The van der Waals surface area contributed by atoms with Gasteiger partial charge >= 0.3 is 0 Å². The fraction of sp³-hybridized carbons (Fsp3) is 0.294. The minimum atomic E-state index is -0.455. The summed E-state index contributed by atoms with van der Waals surface area (Å²) in [5.41, 5.74) is 0.172. The highest BCUT2D eigenvalue weighted by Gasteiger charge is 2.15. The van der Waals surface area contributed by atoms with E-state index in [2.05, 4.69) is 5.32 Å². The van der Waals surface area contributed by atoms with Crippen LogP contribution in [-0.4, -0.2) is 41.5 Å². The molecule has 2 amide bonds. The number of carbonyl (C=O) groups excluding carboxylic acids is 2. The zero-order chi connectivity index (χ0) is 16.1. The van der Waals surface area contributed by atoms with E-state index < -0.39 is 5.91 Å². The van der Waals surface area contributed by atoms with Crippen LogP contribution in [-0.2, 0) is 4.79 Å². The highest BCUT2D eigenvalue weighted by molar-refractivity contribution is 6.02. The van der Waals surface area contributed by atoms with Gasteiger partial charge in [0.2, 0.25) is 5.91 Å². The molecule has 0 aliphatic heterocycles. The zero-order valence-electron chi connectivity index (χ0n) is 12.8. The smallest absolute Gasteiger partial charge is 0.255 e. The summed E-state index contributed by atoms with van der Waals surface area (Å²) >= 11 is 0. The number of hydrogen-bond acceptors (Lipinski definition) is 3. The number of rotatable bonds is 5. The molecule has 0 spiro atoms. The van der Waals surface area contributed by atoms with Gasteiger partial charge < -0.3 is 15.3 Å². The molecular weight excluding hydrogens is 280 g/mol. The zero-order valence-corrected chi connectivity index (χ0v) is 12.8. The van der Waals surface area contributed by atoms with Gasteiger partial charge in [0.05, 0.1) is 12.1 Å². The lowest BCUT2D eigenvalue weighted by Gasteiger charge is -2.18. The number of nitrogens with zero attached hydrogens (tertiary/aromatic N) is 1. The average molecular weight is 300 g/mol. The van der Waals surface area contributed by atoms with Crippen LogP contribution in [0, 0.1) is 0 Å². The van der Waals surface area contributed by atoms with Crippen molar-refractivity contribution in [1.29, 1.82) is 0 Å². The van der Waals surface area contributed by atoms with Crippen LogP contribution in [0.2, 0.25) is 0 Å². The van der Waals surface area contributed by atoms with E-state index in [-0.39, 0.29) is 23.8 Å². The predicted octanol–water partition coefficient (Wildman–Crippen LogP) is 2.14. The lowest BCUT2D eigenvalue weighted by Crippen LogP contribution is -2.40. The molecule has 2 aromatic rings. The quantitative estimate of drug-likeness (QED) is 0.889. The summed E-state index contributed by atoms with van der Waals surface area (Å²) in [5, 5.41) is 14.3. The molecule has 5 nitrogen and oxygen atoms in total. The summed E-state index contributed by atoms with van der Waals surface area (Å²) in [7, 11) is 0. The summed E-state index contributed by atoms with van der Waals surface area (Å²) in [4.78, 5) is 25.7. The standard InChI is InChI=1S/C17H20N2O3/c1-3-19(4-2)16(21)11-18-17(22)14-9-12-7-5-6-8-13(12)10-15(14)20/h5-10,20H,3-4,11H2,1-2H3,(H,18,22). The number of phenols is 1. The summed E-state index contributed by atoms with van der Waals surface area (Å²) < 4.78 is 0. The topological polar surface area (TPSA) is 69.6 Å². The van der Waals surface area contributed by atoms with Crippen LogP contribution in [0.15, 0.2) is 36.4 Å². The third-order valence-corrected chi connectivity index (χ3v) is 3.62. The Hall–Kier alpha value is -2.56. The van der Waals surface area contributed by atoms with Gasteiger partial charge in [-0.2, -0.15) is 0 Å². The Morgan fingerprint density at radius 3 is 2.27 bits per heavy atom. The molecular formula is C17H20N2O3. The number of carbonyl (C=O) groups is 2. The van der Waals surface area contributed by atoms with Crippen molar-refractivity contribution in [2.24, 2.45) is 0 Å². The van der Waals surface area contributed by atoms with Crippen molar-refractivity contribution in [3.63, 3.8) is 0 Å². The van der Waals surface area contributed by atoms with Crippen molar-refractivity contribution in [3.05, 3.63) is 42.0 Å². The van der Waals surface area contributed by atoms with E-state index in [1.165, 1.54) is 0 Å². The van der Waals surface area contributed by atoms with Gasteiger partial charge in [-0.3, -0.25) is 9.59 Å². The van der Waals surface area contributed by atoms with Gasteiger partial charge in [-0.15, -0.1) is 0 Å². The molecule has 0 aliphatic rings. The Labute approximate surface area is 129 Å². The number of phenolic OH excluding ortho intramolecular Hbond substituents is 1. The van der Waals surface area contributed by atoms with Crippen LogP contribution < -0.4 is 5.32 Å². The first-order valence-corrected chi connectivity index (χ1v) is 7.34. The molecule has 0 radical (unpaired) electrons. The van der Waals surface area contributed by atoms with E-state index in [1.54, 1.807) is 17.0 Å². The summed E-state index contributed by atoms with van der Waals surface area (Å²) in [6.45, 7) is 4.91. The molecule has 5 heteroatoms. The maximum absolute atomic E-state index is 12.2. The van der Waals surface area contributed by atoms with Crippen molar-refractivity contribution in [2.45, 2.75) is 13.8 Å². The number of fused-ring (bicyclic) bond motifs is 1. The second-order valence-corrected chi connectivity index (χ2v) is 4.97. The van der Waals surface area contributed by atoms with Gasteiger partial charge in [-0.25, -0.2) is 0 Å². The van der Waals surface area contributed by atoms with Crippen molar-refractivity contribution >= 4 is 22.6 Å². The van der Waals surface area contributed by atoms with Gasteiger partial charge in [-0.1, -0.05) is 24.3 Å². The first-order valence-electron chi connectivity index (χ1n) is 7.34. The van der Waals surface area contributed by atoms with Crippen LogP contribution in [0.4, 0.5) is 0 Å². The lowest BCUT2D eigenvalue weighted by atomic mass is 10.1. The second kappa shape index (κ2) is 6.93. The number of benzene rings is 2. The normalized spacial score (nSPS) is 10.5. The van der Waals surface area contributed by atoms with Crippen molar-refractivity contribution < 1.29 is 14.7 Å². The van der Waals surface area contributed by atoms with E-state index in [0.717, 1.165) is 10.8 Å². The Morgan fingerprint density at radius 2 is 1.68 bits per heavy atom. The number of hydrogen-bond donors (Lipinski definition) is 2. The molecule has 2 rings (SSSR count).